The summed E-state index contributed by atoms with van der Waals surface area (Å²) in [6.07, 6.45) is 2.76. The van der Waals surface area contributed by atoms with E-state index in [1.165, 1.54) is 23.8 Å². The fourth-order valence-corrected chi connectivity index (χ4v) is 3.88. The van der Waals surface area contributed by atoms with Gasteiger partial charge in [-0.25, -0.2) is 13.6 Å². The SMILES string of the molecule is NS(=O)(=O)c1cc(C(=O)N2CC=C(c3ccccc3)CC2)ccc1Cl. The maximum atomic E-state index is 12.7. The Morgan fingerprint density at radius 3 is 2.44 bits per heavy atom. The van der Waals surface area contributed by atoms with Crippen molar-refractivity contribution in [2.24, 2.45) is 5.14 Å². The third kappa shape index (κ3) is 3.92. The van der Waals surface area contributed by atoms with Crippen LogP contribution in [0.5, 0.6) is 0 Å². The van der Waals surface area contributed by atoms with Crippen LogP contribution in [0.2, 0.25) is 5.02 Å². The number of hydrogen-bond acceptors (Lipinski definition) is 3. The Hall–Kier alpha value is -2.15. The molecule has 0 unspecified atom stereocenters. The molecule has 0 fully saturated rings. The van der Waals surface area contributed by atoms with Crippen molar-refractivity contribution in [1.29, 1.82) is 0 Å². The van der Waals surface area contributed by atoms with Gasteiger partial charge in [0.1, 0.15) is 4.90 Å². The van der Waals surface area contributed by atoms with E-state index in [1.54, 1.807) is 4.90 Å². The predicted octanol–water partition coefficient (Wildman–Crippen LogP) is 2.92. The maximum Gasteiger partial charge on any atom is 0.254 e. The van der Waals surface area contributed by atoms with E-state index in [1.807, 2.05) is 36.4 Å². The highest BCUT2D eigenvalue weighted by molar-refractivity contribution is 7.89. The second-order valence-electron chi connectivity index (χ2n) is 5.79. The minimum Gasteiger partial charge on any atom is -0.335 e. The van der Waals surface area contributed by atoms with Crippen molar-refractivity contribution >= 4 is 33.1 Å². The van der Waals surface area contributed by atoms with Gasteiger partial charge >= 0.3 is 0 Å². The molecule has 0 aromatic heterocycles. The van der Waals surface area contributed by atoms with Gasteiger partial charge in [-0.15, -0.1) is 0 Å². The Bertz CT molecular complexity index is 940. The number of amides is 1. The van der Waals surface area contributed by atoms with E-state index in [-0.39, 0.29) is 21.4 Å². The van der Waals surface area contributed by atoms with E-state index >= 15 is 0 Å². The number of primary sulfonamides is 1. The molecule has 1 aliphatic rings. The molecule has 1 amide bonds. The Balaban J connectivity index is 1.81. The van der Waals surface area contributed by atoms with E-state index in [0.717, 1.165) is 12.0 Å². The first-order valence-electron chi connectivity index (χ1n) is 7.72. The van der Waals surface area contributed by atoms with Crippen molar-refractivity contribution in [2.45, 2.75) is 11.3 Å². The number of sulfonamides is 1. The topological polar surface area (TPSA) is 80.5 Å². The molecule has 0 saturated carbocycles. The summed E-state index contributed by atoms with van der Waals surface area (Å²) in [5.74, 6) is -0.245. The van der Waals surface area contributed by atoms with E-state index in [9.17, 15) is 13.2 Å². The van der Waals surface area contributed by atoms with Crippen LogP contribution in [0.25, 0.3) is 5.57 Å². The third-order valence-electron chi connectivity index (χ3n) is 4.13. The summed E-state index contributed by atoms with van der Waals surface area (Å²) >= 11 is 5.86. The number of benzene rings is 2. The van der Waals surface area contributed by atoms with Gasteiger partial charge < -0.3 is 4.90 Å². The predicted molar refractivity (Wildman–Crippen MR) is 97.8 cm³/mol. The second-order valence-corrected chi connectivity index (χ2v) is 7.72. The highest BCUT2D eigenvalue weighted by Crippen LogP contribution is 2.25. The largest absolute Gasteiger partial charge is 0.335 e. The lowest BCUT2D eigenvalue weighted by molar-refractivity contribution is 0.0772. The first-order valence-corrected chi connectivity index (χ1v) is 9.65. The average molecular weight is 377 g/mol. The normalized spacial score (nSPS) is 15.0. The van der Waals surface area contributed by atoms with Crippen molar-refractivity contribution in [2.75, 3.05) is 13.1 Å². The zero-order chi connectivity index (χ0) is 18.0. The number of rotatable bonds is 3. The molecule has 3 rings (SSSR count). The molecule has 2 aromatic rings. The molecule has 0 bridgehead atoms. The second kappa shape index (κ2) is 7.00. The van der Waals surface area contributed by atoms with Gasteiger partial charge in [-0.1, -0.05) is 48.0 Å². The molecule has 5 nitrogen and oxygen atoms in total. The molecule has 0 aliphatic carbocycles. The summed E-state index contributed by atoms with van der Waals surface area (Å²) in [5, 5.41) is 5.14. The van der Waals surface area contributed by atoms with Crippen LogP contribution in [0.1, 0.15) is 22.3 Å². The minimum atomic E-state index is -3.98. The smallest absolute Gasteiger partial charge is 0.254 e. The molecule has 1 heterocycles. The van der Waals surface area contributed by atoms with Gasteiger partial charge in [0.15, 0.2) is 0 Å². The molecule has 2 aromatic carbocycles. The highest BCUT2D eigenvalue weighted by Gasteiger charge is 2.22. The third-order valence-corrected chi connectivity index (χ3v) is 5.52. The van der Waals surface area contributed by atoms with E-state index in [4.69, 9.17) is 16.7 Å². The van der Waals surface area contributed by atoms with Crippen molar-refractivity contribution in [3.8, 4) is 0 Å². The summed E-state index contributed by atoms with van der Waals surface area (Å²) in [7, 11) is -3.98. The van der Waals surface area contributed by atoms with E-state index in [0.29, 0.717) is 13.1 Å². The molecule has 1 aliphatic heterocycles. The summed E-state index contributed by atoms with van der Waals surface area (Å²) < 4.78 is 23.1. The van der Waals surface area contributed by atoms with Crippen LogP contribution in [0.15, 0.2) is 59.5 Å². The summed E-state index contributed by atoms with van der Waals surface area (Å²) in [5.41, 5.74) is 2.61. The van der Waals surface area contributed by atoms with Crippen molar-refractivity contribution in [3.05, 3.63) is 70.8 Å². The Kier molecular flexibility index (Phi) is 4.94. The number of hydrogen-bond donors (Lipinski definition) is 1. The maximum absolute atomic E-state index is 12.7. The van der Waals surface area contributed by atoms with Gasteiger partial charge in [0, 0.05) is 18.7 Å². The monoisotopic (exact) mass is 376 g/mol. The Labute approximate surface area is 151 Å². The van der Waals surface area contributed by atoms with Crippen LogP contribution in [0, 0.1) is 0 Å². The molecule has 0 atom stereocenters. The summed E-state index contributed by atoms with van der Waals surface area (Å²) in [6, 6.07) is 14.1. The van der Waals surface area contributed by atoms with Crippen molar-refractivity contribution in [1.82, 2.24) is 4.90 Å². The first-order chi connectivity index (χ1) is 11.9. The van der Waals surface area contributed by atoms with Crippen LogP contribution < -0.4 is 5.14 Å². The molecule has 7 heteroatoms. The van der Waals surface area contributed by atoms with Gasteiger partial charge in [-0.05, 0) is 35.8 Å². The standard InChI is InChI=1S/C18H17ClN2O3S/c19-16-7-6-15(12-17(16)25(20,23)24)18(22)21-10-8-14(9-11-21)13-4-2-1-3-5-13/h1-8,12H,9-11H2,(H2,20,23,24). The molecular weight excluding hydrogens is 360 g/mol. The molecule has 130 valence electrons. The average Bonchev–Trinajstić information content (AvgIpc) is 2.61. The number of carbonyl (C=O) groups is 1. The molecule has 25 heavy (non-hydrogen) atoms. The van der Waals surface area contributed by atoms with Crippen LogP contribution in [-0.2, 0) is 10.0 Å². The quantitative estimate of drug-likeness (QED) is 0.894. The lowest BCUT2D eigenvalue weighted by atomic mass is 9.99. The van der Waals surface area contributed by atoms with Crippen LogP contribution in [-0.4, -0.2) is 32.3 Å². The van der Waals surface area contributed by atoms with Crippen molar-refractivity contribution < 1.29 is 13.2 Å². The van der Waals surface area contributed by atoms with Crippen LogP contribution >= 0.6 is 11.6 Å². The highest BCUT2D eigenvalue weighted by atomic mass is 35.5. The van der Waals surface area contributed by atoms with Crippen molar-refractivity contribution in [3.63, 3.8) is 0 Å². The number of carbonyl (C=O) groups excluding carboxylic acids is 1. The van der Waals surface area contributed by atoms with Gasteiger partial charge in [-0.3, -0.25) is 4.79 Å². The fourth-order valence-electron chi connectivity index (χ4n) is 2.81. The number of nitrogens with two attached hydrogens (primary N) is 1. The Morgan fingerprint density at radius 2 is 1.84 bits per heavy atom. The molecular formula is C18H17ClN2O3S. The zero-order valence-electron chi connectivity index (χ0n) is 13.4. The van der Waals surface area contributed by atoms with Crippen LogP contribution in [0.3, 0.4) is 0 Å². The van der Waals surface area contributed by atoms with Gasteiger partial charge in [0.2, 0.25) is 10.0 Å². The fraction of sp³-hybridized carbons (Fsp3) is 0.167. The zero-order valence-corrected chi connectivity index (χ0v) is 14.9. The number of nitrogens with zero attached hydrogens (tertiary/aromatic N) is 1. The lowest BCUT2D eigenvalue weighted by Crippen LogP contribution is -2.34. The summed E-state index contributed by atoms with van der Waals surface area (Å²) in [4.78, 5) is 14.1. The molecule has 0 saturated heterocycles. The molecule has 2 N–H and O–H groups in total. The van der Waals surface area contributed by atoms with Gasteiger partial charge in [-0.2, -0.15) is 0 Å². The molecule has 0 spiro atoms. The number of halogens is 1. The molecule has 0 radical (unpaired) electrons. The van der Waals surface area contributed by atoms with E-state index in [2.05, 4.69) is 0 Å². The van der Waals surface area contributed by atoms with E-state index < -0.39 is 10.0 Å². The van der Waals surface area contributed by atoms with Gasteiger partial charge in [0.05, 0.1) is 5.02 Å². The van der Waals surface area contributed by atoms with Crippen LogP contribution in [0.4, 0.5) is 0 Å². The van der Waals surface area contributed by atoms with Gasteiger partial charge in [0.25, 0.3) is 5.91 Å². The minimum absolute atomic E-state index is 0.00366. The summed E-state index contributed by atoms with van der Waals surface area (Å²) in [6.45, 7) is 1.03. The first kappa shape index (κ1) is 17.7. The lowest BCUT2D eigenvalue weighted by Gasteiger charge is -2.27. The Morgan fingerprint density at radius 1 is 1.12 bits per heavy atom.